The highest BCUT2D eigenvalue weighted by Crippen LogP contribution is 2.22. The second-order valence-corrected chi connectivity index (χ2v) is 5.69. The highest BCUT2D eigenvalue weighted by Gasteiger charge is 2.37. The molecule has 3 heterocycles. The first-order valence-corrected chi connectivity index (χ1v) is 7.60. The van der Waals surface area contributed by atoms with Crippen LogP contribution in [0.2, 0.25) is 0 Å². The fraction of sp³-hybridized carbons (Fsp3) is 0.176. The van der Waals surface area contributed by atoms with E-state index in [-0.39, 0.29) is 25.0 Å². The van der Waals surface area contributed by atoms with E-state index in [1.54, 1.807) is 6.20 Å². The lowest BCUT2D eigenvalue weighted by molar-refractivity contribution is -0.125. The van der Waals surface area contributed by atoms with Crippen LogP contribution in [-0.2, 0) is 11.3 Å². The van der Waals surface area contributed by atoms with Gasteiger partial charge in [0.2, 0.25) is 0 Å². The molecule has 0 radical (unpaired) electrons. The second-order valence-electron chi connectivity index (χ2n) is 5.69. The number of urea groups is 1. The van der Waals surface area contributed by atoms with Gasteiger partial charge in [-0.2, -0.15) is 0 Å². The van der Waals surface area contributed by atoms with Crippen LogP contribution in [0.5, 0.6) is 0 Å². The van der Waals surface area contributed by atoms with Gasteiger partial charge in [0.25, 0.3) is 5.91 Å². The number of para-hydroxylation sites is 1. The summed E-state index contributed by atoms with van der Waals surface area (Å²) in [5.74, 6) is 0.303. The van der Waals surface area contributed by atoms with Crippen molar-refractivity contribution in [3.8, 4) is 0 Å². The van der Waals surface area contributed by atoms with Crippen LogP contribution in [0.3, 0.4) is 0 Å². The lowest BCUT2D eigenvalue weighted by Gasteiger charge is -2.16. The summed E-state index contributed by atoms with van der Waals surface area (Å²) in [5.41, 5.74) is 3.14. The number of rotatable bonds is 3. The predicted molar refractivity (Wildman–Crippen MR) is 88.4 cm³/mol. The van der Waals surface area contributed by atoms with Crippen molar-refractivity contribution in [2.24, 2.45) is 0 Å². The highest BCUT2D eigenvalue weighted by atomic mass is 16.2. The molecule has 1 fully saturated rings. The van der Waals surface area contributed by atoms with Crippen LogP contribution in [0.1, 0.15) is 11.4 Å². The number of hydrogen-bond donors (Lipinski definition) is 1. The number of aromatic amines is 1. The zero-order valence-corrected chi connectivity index (χ0v) is 13.1. The van der Waals surface area contributed by atoms with E-state index in [1.165, 1.54) is 9.80 Å². The number of hydrogen-bond acceptors (Lipinski definition) is 4. The fourth-order valence-electron chi connectivity index (χ4n) is 2.81. The number of imide groups is 1. The summed E-state index contributed by atoms with van der Waals surface area (Å²) in [4.78, 5) is 39.2. The summed E-state index contributed by atoms with van der Waals surface area (Å²) in [7, 11) is 0. The Morgan fingerprint density at radius 1 is 1.17 bits per heavy atom. The van der Waals surface area contributed by atoms with Gasteiger partial charge in [-0.25, -0.2) is 14.8 Å². The van der Waals surface area contributed by atoms with Crippen molar-refractivity contribution in [3.05, 3.63) is 54.0 Å². The van der Waals surface area contributed by atoms with Crippen molar-refractivity contribution in [2.75, 3.05) is 11.4 Å². The third kappa shape index (κ3) is 2.30. The number of benzene rings is 1. The molecule has 0 spiro atoms. The number of pyridine rings is 1. The first kappa shape index (κ1) is 14.4. The number of anilines is 1. The molecule has 3 amide bonds. The van der Waals surface area contributed by atoms with Crippen molar-refractivity contribution in [3.63, 3.8) is 0 Å². The molecule has 7 heteroatoms. The van der Waals surface area contributed by atoms with E-state index in [0.717, 1.165) is 11.1 Å². The summed E-state index contributed by atoms with van der Waals surface area (Å²) in [6.45, 7) is 2.10. The lowest BCUT2D eigenvalue weighted by atomic mass is 10.3. The molecule has 0 saturated carbocycles. The Bertz CT molecular complexity index is 935. The zero-order valence-electron chi connectivity index (χ0n) is 13.1. The van der Waals surface area contributed by atoms with Gasteiger partial charge in [-0.15, -0.1) is 0 Å². The van der Waals surface area contributed by atoms with Crippen molar-refractivity contribution < 1.29 is 9.59 Å². The van der Waals surface area contributed by atoms with Crippen LogP contribution in [0.4, 0.5) is 10.5 Å². The van der Waals surface area contributed by atoms with E-state index in [0.29, 0.717) is 17.2 Å². The summed E-state index contributed by atoms with van der Waals surface area (Å²) >= 11 is 0. The molecule has 4 rings (SSSR count). The molecule has 1 aromatic carbocycles. The first-order chi connectivity index (χ1) is 11.6. The van der Waals surface area contributed by atoms with E-state index in [2.05, 4.69) is 15.0 Å². The van der Waals surface area contributed by atoms with Crippen molar-refractivity contribution in [1.29, 1.82) is 0 Å². The number of carbonyl (C=O) groups excluding carboxylic acids is 2. The van der Waals surface area contributed by atoms with Crippen LogP contribution >= 0.6 is 0 Å². The second kappa shape index (κ2) is 5.45. The summed E-state index contributed by atoms with van der Waals surface area (Å²) in [6.07, 6.45) is 1.69. The van der Waals surface area contributed by atoms with Crippen LogP contribution < -0.4 is 4.90 Å². The Hall–Kier alpha value is -3.22. The number of nitrogens with zero attached hydrogens (tertiary/aromatic N) is 4. The minimum atomic E-state index is -0.337. The van der Waals surface area contributed by atoms with Gasteiger partial charge in [0.15, 0.2) is 5.65 Å². The Morgan fingerprint density at radius 3 is 2.71 bits per heavy atom. The zero-order chi connectivity index (χ0) is 16.7. The molecule has 1 aliphatic heterocycles. The molecule has 0 atom stereocenters. The number of nitrogens with one attached hydrogen (secondary N) is 1. The molecule has 7 nitrogen and oxygen atoms in total. The molecule has 1 N–H and O–H groups in total. The van der Waals surface area contributed by atoms with Crippen molar-refractivity contribution in [1.82, 2.24) is 19.9 Å². The maximum absolute atomic E-state index is 12.6. The summed E-state index contributed by atoms with van der Waals surface area (Å²) in [6, 6.07) is 10.7. The maximum atomic E-state index is 12.6. The van der Waals surface area contributed by atoms with Gasteiger partial charge in [-0.1, -0.05) is 18.2 Å². The van der Waals surface area contributed by atoms with Crippen molar-refractivity contribution >= 4 is 28.8 Å². The smallest absolute Gasteiger partial charge is 0.332 e. The minimum absolute atomic E-state index is 0.0420. The number of amides is 3. The number of imidazole rings is 1. The number of H-pyrrole nitrogens is 1. The molecule has 0 bridgehead atoms. The molecule has 1 aliphatic rings. The van der Waals surface area contributed by atoms with Crippen molar-refractivity contribution in [2.45, 2.75) is 13.5 Å². The van der Waals surface area contributed by atoms with Gasteiger partial charge in [-0.05, 0) is 30.7 Å². The monoisotopic (exact) mass is 321 g/mol. The highest BCUT2D eigenvalue weighted by molar-refractivity contribution is 6.12. The molecule has 2 aromatic heterocycles. The average Bonchev–Trinajstić information content (AvgIpc) is 3.13. The number of fused-ring (bicyclic) bond motifs is 1. The molecular formula is C17H15N5O2. The standard InChI is InChI=1S/C17H15N5O2/c1-11-7-8-18-16-15(11)19-13(20-16)9-22-14(23)10-21(17(22)24)12-5-3-2-4-6-12/h2-8H,9-10H2,1H3,(H,18,19,20). The number of aryl methyl sites for hydroxylation is 1. The normalized spacial score (nSPS) is 14.9. The first-order valence-electron chi connectivity index (χ1n) is 7.60. The summed E-state index contributed by atoms with van der Waals surface area (Å²) < 4.78 is 0. The maximum Gasteiger partial charge on any atom is 0.332 e. The van der Waals surface area contributed by atoms with Crippen LogP contribution in [-0.4, -0.2) is 38.3 Å². The Kier molecular flexibility index (Phi) is 3.26. The summed E-state index contributed by atoms with van der Waals surface area (Å²) in [5, 5.41) is 0. The Morgan fingerprint density at radius 2 is 1.96 bits per heavy atom. The van der Waals surface area contributed by atoms with Crippen LogP contribution in [0.15, 0.2) is 42.6 Å². The predicted octanol–water partition coefficient (Wildman–Crippen LogP) is 2.24. The Labute approximate surface area is 137 Å². The van der Waals surface area contributed by atoms with E-state index in [4.69, 9.17) is 0 Å². The molecular weight excluding hydrogens is 306 g/mol. The van der Waals surface area contributed by atoms with E-state index in [9.17, 15) is 9.59 Å². The largest absolute Gasteiger partial charge is 0.339 e. The van der Waals surface area contributed by atoms with Gasteiger partial charge in [0.05, 0.1) is 12.1 Å². The molecule has 24 heavy (non-hydrogen) atoms. The molecule has 0 unspecified atom stereocenters. The van der Waals surface area contributed by atoms with Crippen LogP contribution in [0, 0.1) is 6.92 Å². The molecule has 1 saturated heterocycles. The number of carbonyl (C=O) groups is 2. The topological polar surface area (TPSA) is 82.2 Å². The van der Waals surface area contributed by atoms with Gasteiger partial charge in [0.1, 0.15) is 12.4 Å². The van der Waals surface area contributed by atoms with Crippen LogP contribution in [0.25, 0.3) is 11.2 Å². The van der Waals surface area contributed by atoms with Gasteiger partial charge in [0, 0.05) is 11.9 Å². The average molecular weight is 321 g/mol. The minimum Gasteiger partial charge on any atom is -0.339 e. The van der Waals surface area contributed by atoms with E-state index < -0.39 is 0 Å². The van der Waals surface area contributed by atoms with Gasteiger partial charge in [-0.3, -0.25) is 14.6 Å². The lowest BCUT2D eigenvalue weighted by Crippen LogP contribution is -2.32. The fourth-order valence-corrected chi connectivity index (χ4v) is 2.81. The SMILES string of the molecule is Cc1ccnc2nc(CN3C(=O)CN(c4ccccc4)C3=O)[nH]c12. The third-order valence-corrected chi connectivity index (χ3v) is 4.08. The molecule has 120 valence electrons. The number of aromatic nitrogens is 3. The van der Waals surface area contributed by atoms with Gasteiger partial charge >= 0.3 is 6.03 Å². The quantitative estimate of drug-likeness (QED) is 0.750. The molecule has 0 aliphatic carbocycles. The van der Waals surface area contributed by atoms with E-state index >= 15 is 0 Å². The Balaban J connectivity index is 1.61. The van der Waals surface area contributed by atoms with E-state index in [1.807, 2.05) is 43.3 Å². The molecule has 3 aromatic rings. The third-order valence-electron chi connectivity index (χ3n) is 4.08. The van der Waals surface area contributed by atoms with Gasteiger partial charge < -0.3 is 4.98 Å².